The molecule has 0 saturated carbocycles. The molecular formula is C13H10BrClN2OS. The van der Waals surface area contributed by atoms with E-state index in [2.05, 4.69) is 20.9 Å². The minimum absolute atomic E-state index is 0.361. The van der Waals surface area contributed by atoms with E-state index in [1.165, 1.54) is 0 Å². The maximum absolute atomic E-state index is 6.00. The number of rotatable bonds is 3. The maximum Gasteiger partial charge on any atom is 0.243 e. The fraction of sp³-hybridized carbons (Fsp3) is 0.154. The van der Waals surface area contributed by atoms with Crippen LogP contribution in [-0.4, -0.2) is 9.38 Å². The number of halogens is 2. The molecule has 0 aliphatic rings. The third-order valence-corrected chi connectivity index (χ3v) is 4.31. The molecule has 3 aromatic rings. The number of imidazole rings is 1. The highest BCUT2D eigenvalue weighted by molar-refractivity contribution is 9.10. The van der Waals surface area contributed by atoms with Gasteiger partial charge < -0.3 is 4.74 Å². The molecule has 3 nitrogen and oxygen atoms in total. The topological polar surface area (TPSA) is 26.5 Å². The van der Waals surface area contributed by atoms with Crippen LogP contribution in [0.5, 0.6) is 11.6 Å². The van der Waals surface area contributed by atoms with Gasteiger partial charge in [0.25, 0.3) is 0 Å². The van der Waals surface area contributed by atoms with E-state index in [-0.39, 0.29) is 0 Å². The number of hydrogen-bond donors (Lipinski definition) is 0. The number of aryl methyl sites for hydroxylation is 1. The van der Waals surface area contributed by atoms with Crippen molar-refractivity contribution in [1.29, 1.82) is 0 Å². The lowest BCUT2D eigenvalue weighted by atomic mass is 10.2. The second kappa shape index (κ2) is 5.15. The van der Waals surface area contributed by atoms with Gasteiger partial charge >= 0.3 is 0 Å². The Labute approximate surface area is 127 Å². The largest absolute Gasteiger partial charge is 0.437 e. The lowest BCUT2D eigenvalue weighted by Gasteiger charge is -2.07. The minimum Gasteiger partial charge on any atom is -0.437 e. The first kappa shape index (κ1) is 13.0. The van der Waals surface area contributed by atoms with Crippen molar-refractivity contribution in [2.24, 2.45) is 0 Å². The number of hydrogen-bond acceptors (Lipinski definition) is 3. The summed E-state index contributed by atoms with van der Waals surface area (Å²) in [4.78, 5) is 5.36. The van der Waals surface area contributed by atoms with E-state index in [0.29, 0.717) is 11.8 Å². The molecule has 0 amide bonds. The van der Waals surface area contributed by atoms with Crippen molar-refractivity contribution >= 4 is 43.8 Å². The van der Waals surface area contributed by atoms with Crippen LogP contribution in [0.25, 0.3) is 4.96 Å². The quantitative estimate of drug-likeness (QED) is 0.617. The summed E-state index contributed by atoms with van der Waals surface area (Å²) >= 11 is 11.0. The number of fused-ring (bicyclic) bond motifs is 1. The van der Waals surface area contributed by atoms with E-state index in [0.717, 1.165) is 26.4 Å². The van der Waals surface area contributed by atoms with Crippen LogP contribution >= 0.6 is 38.9 Å². The standard InChI is InChI=1S/C13H10BrClN2OS/c1-8-2-3-9(14)6-11(8)18-12-10(7-15)17-4-5-19-13(17)16-12/h2-6H,7H2,1H3. The van der Waals surface area contributed by atoms with Crippen LogP contribution in [0.15, 0.2) is 34.2 Å². The van der Waals surface area contributed by atoms with E-state index in [9.17, 15) is 0 Å². The summed E-state index contributed by atoms with van der Waals surface area (Å²) in [5, 5.41) is 1.98. The SMILES string of the molecule is Cc1ccc(Br)cc1Oc1nc2sccn2c1CCl. The van der Waals surface area contributed by atoms with Gasteiger partial charge in [-0.15, -0.1) is 22.9 Å². The van der Waals surface area contributed by atoms with Crippen LogP contribution in [0.3, 0.4) is 0 Å². The molecule has 0 spiro atoms. The Morgan fingerprint density at radius 1 is 1.47 bits per heavy atom. The number of ether oxygens (including phenoxy) is 1. The van der Waals surface area contributed by atoms with Gasteiger partial charge in [-0.3, -0.25) is 4.40 Å². The summed E-state index contributed by atoms with van der Waals surface area (Å²) < 4.78 is 8.85. The van der Waals surface area contributed by atoms with Crippen molar-refractivity contribution in [3.8, 4) is 11.6 Å². The number of thiazole rings is 1. The number of benzene rings is 1. The number of alkyl halides is 1. The first-order chi connectivity index (χ1) is 9.19. The van der Waals surface area contributed by atoms with Gasteiger partial charge in [-0.1, -0.05) is 22.0 Å². The lowest BCUT2D eigenvalue weighted by molar-refractivity contribution is 0.458. The Morgan fingerprint density at radius 2 is 2.32 bits per heavy atom. The molecule has 0 radical (unpaired) electrons. The molecular weight excluding hydrogens is 348 g/mol. The fourth-order valence-corrected chi connectivity index (χ4v) is 3.11. The molecule has 0 saturated heterocycles. The summed E-state index contributed by atoms with van der Waals surface area (Å²) in [6.07, 6.45) is 1.95. The normalized spacial score (nSPS) is 11.1. The predicted molar refractivity (Wildman–Crippen MR) is 81.6 cm³/mol. The molecule has 2 heterocycles. The first-order valence-corrected chi connectivity index (χ1v) is 7.84. The first-order valence-electron chi connectivity index (χ1n) is 5.63. The summed E-state index contributed by atoms with van der Waals surface area (Å²) in [5.41, 5.74) is 1.93. The minimum atomic E-state index is 0.361. The monoisotopic (exact) mass is 356 g/mol. The number of aromatic nitrogens is 2. The number of nitrogens with zero attached hydrogens (tertiary/aromatic N) is 2. The van der Waals surface area contributed by atoms with E-state index in [1.807, 2.05) is 41.1 Å². The molecule has 3 rings (SSSR count). The van der Waals surface area contributed by atoms with E-state index in [4.69, 9.17) is 16.3 Å². The second-order valence-electron chi connectivity index (χ2n) is 4.06. The van der Waals surface area contributed by atoms with Gasteiger partial charge in [0.2, 0.25) is 5.88 Å². The zero-order valence-electron chi connectivity index (χ0n) is 10.1. The molecule has 0 unspecified atom stereocenters. The van der Waals surface area contributed by atoms with Gasteiger partial charge in [0.15, 0.2) is 4.96 Å². The highest BCUT2D eigenvalue weighted by Crippen LogP contribution is 2.32. The molecule has 19 heavy (non-hydrogen) atoms. The molecule has 0 aliphatic carbocycles. The van der Waals surface area contributed by atoms with E-state index >= 15 is 0 Å². The summed E-state index contributed by atoms with van der Waals surface area (Å²) in [6.45, 7) is 2.00. The van der Waals surface area contributed by atoms with Crippen LogP contribution < -0.4 is 4.74 Å². The average Bonchev–Trinajstić information content (AvgIpc) is 2.94. The lowest BCUT2D eigenvalue weighted by Crippen LogP contribution is -1.92. The van der Waals surface area contributed by atoms with Crippen molar-refractivity contribution < 1.29 is 4.74 Å². The summed E-state index contributed by atoms with van der Waals surface area (Å²) in [7, 11) is 0. The van der Waals surface area contributed by atoms with Gasteiger partial charge in [-0.2, -0.15) is 4.98 Å². The van der Waals surface area contributed by atoms with Gasteiger partial charge in [0.1, 0.15) is 11.4 Å². The zero-order chi connectivity index (χ0) is 13.4. The molecule has 1 aromatic carbocycles. The Hall–Kier alpha value is -1.04. The maximum atomic E-state index is 6.00. The van der Waals surface area contributed by atoms with Crippen LogP contribution in [-0.2, 0) is 5.88 Å². The second-order valence-corrected chi connectivity index (χ2v) is 6.12. The van der Waals surface area contributed by atoms with Crippen molar-refractivity contribution in [2.75, 3.05) is 0 Å². The Morgan fingerprint density at radius 3 is 3.11 bits per heavy atom. The predicted octanol–water partition coefficient (Wildman–Crippen LogP) is 5.00. The highest BCUT2D eigenvalue weighted by Gasteiger charge is 2.15. The van der Waals surface area contributed by atoms with Crippen molar-refractivity contribution in [3.63, 3.8) is 0 Å². The van der Waals surface area contributed by atoms with Crippen LogP contribution in [0.1, 0.15) is 11.3 Å². The molecule has 0 bridgehead atoms. The smallest absolute Gasteiger partial charge is 0.243 e. The van der Waals surface area contributed by atoms with Gasteiger partial charge in [0.05, 0.1) is 5.88 Å². The van der Waals surface area contributed by atoms with Crippen LogP contribution in [0.4, 0.5) is 0 Å². The summed E-state index contributed by atoms with van der Waals surface area (Å²) in [5.74, 6) is 1.72. The Kier molecular flexibility index (Phi) is 3.52. The van der Waals surface area contributed by atoms with Gasteiger partial charge in [-0.05, 0) is 24.6 Å². The molecule has 98 valence electrons. The molecule has 6 heteroatoms. The van der Waals surface area contributed by atoms with Crippen molar-refractivity contribution in [3.05, 3.63) is 45.5 Å². The third-order valence-electron chi connectivity index (χ3n) is 2.81. The summed E-state index contributed by atoms with van der Waals surface area (Å²) in [6, 6.07) is 5.91. The Bertz CT molecular complexity index is 737. The molecule has 2 aromatic heterocycles. The van der Waals surface area contributed by atoms with Gasteiger partial charge in [-0.25, -0.2) is 0 Å². The fourth-order valence-electron chi connectivity index (χ4n) is 1.80. The molecule has 0 N–H and O–H groups in total. The zero-order valence-corrected chi connectivity index (χ0v) is 13.2. The average molecular weight is 358 g/mol. The van der Waals surface area contributed by atoms with E-state index in [1.54, 1.807) is 11.3 Å². The Balaban J connectivity index is 2.05. The van der Waals surface area contributed by atoms with Crippen LogP contribution in [0.2, 0.25) is 0 Å². The van der Waals surface area contributed by atoms with Crippen molar-refractivity contribution in [1.82, 2.24) is 9.38 Å². The molecule has 0 aliphatic heterocycles. The molecule has 0 atom stereocenters. The highest BCUT2D eigenvalue weighted by atomic mass is 79.9. The van der Waals surface area contributed by atoms with Crippen molar-refractivity contribution in [2.45, 2.75) is 12.8 Å². The van der Waals surface area contributed by atoms with E-state index < -0.39 is 0 Å². The third kappa shape index (κ3) is 2.38. The molecule has 0 fully saturated rings. The van der Waals surface area contributed by atoms with Gasteiger partial charge in [0, 0.05) is 16.0 Å². The van der Waals surface area contributed by atoms with Crippen LogP contribution in [0, 0.1) is 6.92 Å².